The standard InChI is InChI=1S/C7H7F2N3O2/c8-6(9)4-2(10)1-3(13)12-5(4)7(11)14/h1,6H,(H2,11,14)(H3,10,12,13). The third-order valence-electron chi connectivity index (χ3n) is 1.58. The summed E-state index contributed by atoms with van der Waals surface area (Å²) in [6, 6.07) is 0.772. The van der Waals surface area contributed by atoms with Gasteiger partial charge in [0.05, 0.1) is 5.56 Å². The molecular formula is C7H7F2N3O2. The molecule has 14 heavy (non-hydrogen) atoms. The third kappa shape index (κ3) is 1.70. The van der Waals surface area contributed by atoms with Gasteiger partial charge in [-0.25, -0.2) is 8.78 Å². The first-order valence-electron chi connectivity index (χ1n) is 3.54. The van der Waals surface area contributed by atoms with Crippen molar-refractivity contribution in [2.24, 2.45) is 5.73 Å². The van der Waals surface area contributed by atoms with E-state index in [9.17, 15) is 18.4 Å². The normalized spacial score (nSPS) is 10.5. The van der Waals surface area contributed by atoms with Crippen molar-refractivity contribution in [3.8, 4) is 0 Å². The first kappa shape index (κ1) is 10.2. The molecule has 1 heterocycles. The fourth-order valence-corrected chi connectivity index (χ4v) is 1.02. The molecule has 0 bridgehead atoms. The molecule has 0 saturated heterocycles. The van der Waals surface area contributed by atoms with Crippen LogP contribution >= 0.6 is 0 Å². The molecule has 0 radical (unpaired) electrons. The number of rotatable bonds is 2. The molecule has 0 unspecified atom stereocenters. The molecule has 0 spiro atoms. The van der Waals surface area contributed by atoms with E-state index in [1.54, 1.807) is 0 Å². The highest BCUT2D eigenvalue weighted by atomic mass is 19.3. The molecule has 76 valence electrons. The average molecular weight is 203 g/mol. The smallest absolute Gasteiger partial charge is 0.268 e. The van der Waals surface area contributed by atoms with Crippen LogP contribution in [0.3, 0.4) is 0 Å². The van der Waals surface area contributed by atoms with Crippen molar-refractivity contribution in [3.05, 3.63) is 27.7 Å². The zero-order chi connectivity index (χ0) is 10.9. The van der Waals surface area contributed by atoms with Crippen LogP contribution in [0.5, 0.6) is 0 Å². The number of nitrogens with one attached hydrogen (secondary N) is 1. The molecule has 0 saturated carbocycles. The fraction of sp³-hybridized carbons (Fsp3) is 0.143. The number of hydrogen-bond acceptors (Lipinski definition) is 3. The number of halogens is 2. The number of amides is 1. The third-order valence-corrected chi connectivity index (χ3v) is 1.58. The number of nitrogens with two attached hydrogens (primary N) is 2. The second-order valence-electron chi connectivity index (χ2n) is 2.54. The molecule has 0 fully saturated rings. The fourth-order valence-electron chi connectivity index (χ4n) is 1.02. The van der Waals surface area contributed by atoms with E-state index in [1.807, 2.05) is 4.98 Å². The highest BCUT2D eigenvalue weighted by molar-refractivity contribution is 5.93. The molecule has 0 aliphatic heterocycles. The molecular weight excluding hydrogens is 196 g/mol. The van der Waals surface area contributed by atoms with Gasteiger partial charge in [0.15, 0.2) is 0 Å². The highest BCUT2D eigenvalue weighted by Crippen LogP contribution is 2.25. The first-order valence-corrected chi connectivity index (χ1v) is 3.54. The number of primary amides is 1. The van der Waals surface area contributed by atoms with Crippen LogP contribution < -0.4 is 17.0 Å². The number of pyridine rings is 1. The predicted octanol–water partition coefficient (Wildman–Crippen LogP) is -0.00640. The van der Waals surface area contributed by atoms with Crippen molar-refractivity contribution in [1.82, 2.24) is 4.98 Å². The maximum Gasteiger partial charge on any atom is 0.268 e. The van der Waals surface area contributed by atoms with Gasteiger partial charge < -0.3 is 16.5 Å². The number of hydrogen-bond donors (Lipinski definition) is 3. The Morgan fingerprint density at radius 2 is 2.07 bits per heavy atom. The zero-order valence-corrected chi connectivity index (χ0v) is 6.88. The number of anilines is 1. The molecule has 1 rings (SSSR count). The van der Waals surface area contributed by atoms with E-state index >= 15 is 0 Å². The Morgan fingerprint density at radius 1 is 1.50 bits per heavy atom. The largest absolute Gasteiger partial charge is 0.398 e. The summed E-state index contributed by atoms with van der Waals surface area (Å²) in [6.07, 6.45) is -2.96. The van der Waals surface area contributed by atoms with Crippen LogP contribution in [0, 0.1) is 0 Å². The van der Waals surface area contributed by atoms with Crippen LogP contribution in [-0.4, -0.2) is 10.9 Å². The second-order valence-corrected chi connectivity index (χ2v) is 2.54. The molecule has 5 nitrogen and oxygen atoms in total. The maximum atomic E-state index is 12.4. The Balaban J connectivity index is 3.52. The van der Waals surface area contributed by atoms with Crippen molar-refractivity contribution in [3.63, 3.8) is 0 Å². The van der Waals surface area contributed by atoms with Gasteiger partial charge in [-0.05, 0) is 0 Å². The van der Waals surface area contributed by atoms with E-state index in [-0.39, 0.29) is 0 Å². The van der Waals surface area contributed by atoms with E-state index in [0.29, 0.717) is 0 Å². The number of nitrogen functional groups attached to an aromatic ring is 1. The van der Waals surface area contributed by atoms with E-state index in [4.69, 9.17) is 11.5 Å². The van der Waals surface area contributed by atoms with Gasteiger partial charge in [-0.1, -0.05) is 0 Å². The monoisotopic (exact) mass is 203 g/mol. The predicted molar refractivity (Wildman–Crippen MR) is 44.9 cm³/mol. The average Bonchev–Trinajstić information content (AvgIpc) is 2.01. The summed E-state index contributed by atoms with van der Waals surface area (Å²) in [6.45, 7) is 0. The second kappa shape index (κ2) is 3.44. The summed E-state index contributed by atoms with van der Waals surface area (Å²) in [5, 5.41) is 0. The minimum atomic E-state index is -2.96. The topological polar surface area (TPSA) is 102 Å². The lowest BCUT2D eigenvalue weighted by molar-refractivity contribution is 0.0980. The van der Waals surface area contributed by atoms with E-state index in [2.05, 4.69) is 0 Å². The number of carbonyl (C=O) groups is 1. The zero-order valence-electron chi connectivity index (χ0n) is 6.88. The Bertz CT molecular complexity index is 427. The van der Waals surface area contributed by atoms with Crippen LogP contribution in [0.2, 0.25) is 0 Å². The molecule has 1 amide bonds. The van der Waals surface area contributed by atoms with E-state index in [0.717, 1.165) is 6.07 Å². The summed E-state index contributed by atoms with van der Waals surface area (Å²) >= 11 is 0. The highest BCUT2D eigenvalue weighted by Gasteiger charge is 2.20. The van der Waals surface area contributed by atoms with Gasteiger partial charge >= 0.3 is 0 Å². The minimum absolute atomic E-state index is 0.447. The van der Waals surface area contributed by atoms with Crippen LogP contribution in [0.4, 0.5) is 14.5 Å². The minimum Gasteiger partial charge on any atom is -0.398 e. The molecule has 7 heteroatoms. The summed E-state index contributed by atoms with van der Waals surface area (Å²) in [7, 11) is 0. The first-order chi connectivity index (χ1) is 6.43. The lowest BCUT2D eigenvalue weighted by Gasteiger charge is -2.07. The van der Waals surface area contributed by atoms with Gasteiger partial charge in [0.2, 0.25) is 0 Å². The Labute approximate surface area is 76.7 Å². The van der Waals surface area contributed by atoms with Gasteiger partial charge in [0.1, 0.15) is 5.69 Å². The summed E-state index contributed by atoms with van der Waals surface area (Å²) in [5.41, 5.74) is 7.36. The van der Waals surface area contributed by atoms with Gasteiger partial charge in [0.25, 0.3) is 17.9 Å². The quantitative estimate of drug-likeness (QED) is 0.630. The van der Waals surface area contributed by atoms with E-state index in [1.165, 1.54) is 0 Å². The van der Waals surface area contributed by atoms with Gasteiger partial charge in [-0.3, -0.25) is 9.59 Å². The Kier molecular flexibility index (Phi) is 2.50. The van der Waals surface area contributed by atoms with Crippen molar-refractivity contribution in [1.29, 1.82) is 0 Å². The summed E-state index contributed by atoms with van der Waals surface area (Å²) in [4.78, 5) is 23.4. The summed E-state index contributed by atoms with van der Waals surface area (Å²) in [5.74, 6) is -1.15. The van der Waals surface area contributed by atoms with Crippen molar-refractivity contribution < 1.29 is 13.6 Å². The van der Waals surface area contributed by atoms with Gasteiger partial charge in [0, 0.05) is 11.8 Å². The number of aromatic nitrogens is 1. The molecule has 1 aromatic rings. The number of H-pyrrole nitrogens is 1. The molecule has 0 aliphatic rings. The van der Waals surface area contributed by atoms with Gasteiger partial charge in [-0.15, -0.1) is 0 Å². The molecule has 0 atom stereocenters. The molecule has 0 aliphatic carbocycles. The molecule has 5 N–H and O–H groups in total. The van der Waals surface area contributed by atoms with Crippen LogP contribution in [0.15, 0.2) is 10.9 Å². The maximum absolute atomic E-state index is 12.4. The number of alkyl halides is 2. The molecule has 0 aromatic carbocycles. The van der Waals surface area contributed by atoms with Crippen LogP contribution in [0.1, 0.15) is 22.5 Å². The Morgan fingerprint density at radius 3 is 2.50 bits per heavy atom. The van der Waals surface area contributed by atoms with Crippen molar-refractivity contribution in [2.75, 3.05) is 5.73 Å². The van der Waals surface area contributed by atoms with Crippen LogP contribution in [-0.2, 0) is 0 Å². The summed E-state index contributed by atoms with van der Waals surface area (Å²) < 4.78 is 24.7. The van der Waals surface area contributed by atoms with E-state index < -0.39 is 34.8 Å². The van der Waals surface area contributed by atoms with Crippen LogP contribution in [0.25, 0.3) is 0 Å². The van der Waals surface area contributed by atoms with Crippen molar-refractivity contribution in [2.45, 2.75) is 6.43 Å². The van der Waals surface area contributed by atoms with Gasteiger partial charge in [-0.2, -0.15) is 0 Å². The number of carbonyl (C=O) groups excluding carboxylic acids is 1. The number of aromatic amines is 1. The SMILES string of the molecule is NC(=O)c1[nH]c(=O)cc(N)c1C(F)F. The Hall–Kier alpha value is -1.92. The lowest BCUT2D eigenvalue weighted by Crippen LogP contribution is -2.22. The van der Waals surface area contributed by atoms with Crippen molar-refractivity contribution >= 4 is 11.6 Å². The molecule has 1 aromatic heterocycles. The lowest BCUT2D eigenvalue weighted by atomic mass is 10.1.